The fraction of sp³-hybridized carbons (Fsp3) is 0.417. The van der Waals surface area contributed by atoms with Gasteiger partial charge in [-0.05, 0) is 43.0 Å². The van der Waals surface area contributed by atoms with Gasteiger partial charge in [0, 0.05) is 18.4 Å². The molecule has 1 aliphatic carbocycles. The lowest BCUT2D eigenvalue weighted by atomic mass is 9.89. The summed E-state index contributed by atoms with van der Waals surface area (Å²) in [6.45, 7) is 5.76. The van der Waals surface area contributed by atoms with Crippen LogP contribution in [0.2, 0.25) is 0 Å². The van der Waals surface area contributed by atoms with Crippen LogP contribution in [0.4, 0.5) is 4.79 Å². The molecule has 1 saturated heterocycles. The number of carboxylic acid groups (broad SMARTS) is 1. The summed E-state index contributed by atoms with van der Waals surface area (Å²) in [6.07, 6.45) is -0.990. The molecule has 0 bridgehead atoms. The number of fused-ring (bicyclic) bond motifs is 3. The Kier molecular flexibility index (Phi) is 5.28. The highest BCUT2D eigenvalue weighted by Crippen LogP contribution is 2.44. The summed E-state index contributed by atoms with van der Waals surface area (Å²) in [5.41, 5.74) is 3.11. The minimum Gasteiger partial charge on any atom is -0.479 e. The molecule has 2 aromatic rings. The molecule has 158 valence electrons. The maximum atomic E-state index is 13.2. The molecule has 2 aliphatic rings. The molecular formula is C24H27NO5. The Hall–Kier alpha value is -2.86. The van der Waals surface area contributed by atoms with Gasteiger partial charge in [-0.2, -0.15) is 0 Å². The zero-order chi connectivity index (χ0) is 21.5. The molecule has 6 heteroatoms. The van der Waals surface area contributed by atoms with Gasteiger partial charge in [-0.25, -0.2) is 9.59 Å². The number of nitrogens with zero attached hydrogens (tertiary/aromatic N) is 1. The largest absolute Gasteiger partial charge is 0.479 e. The fourth-order valence-corrected chi connectivity index (χ4v) is 4.93. The van der Waals surface area contributed by atoms with Crippen LogP contribution in [0.5, 0.6) is 0 Å². The third-order valence-electron chi connectivity index (χ3n) is 6.37. The molecule has 2 unspecified atom stereocenters. The number of hydrogen-bond acceptors (Lipinski definition) is 4. The Balaban J connectivity index is 1.60. The van der Waals surface area contributed by atoms with E-state index in [0.717, 1.165) is 22.3 Å². The summed E-state index contributed by atoms with van der Waals surface area (Å²) in [5.74, 6) is -1.14. The molecule has 0 spiro atoms. The Morgan fingerprint density at radius 2 is 1.70 bits per heavy atom. The first kappa shape index (κ1) is 20.4. The number of carbonyl (C=O) groups is 2. The first-order chi connectivity index (χ1) is 14.4. The SMILES string of the molecule is CC(C)N(C(=O)OCC1c2ccccc2-c2ccccc21)C1(C(=O)O)CCOC1C. The summed E-state index contributed by atoms with van der Waals surface area (Å²) in [5, 5.41) is 10.0. The van der Waals surface area contributed by atoms with Gasteiger partial charge in [0.05, 0.1) is 12.7 Å². The Labute approximate surface area is 176 Å². The lowest BCUT2D eigenvalue weighted by Gasteiger charge is -2.41. The maximum absolute atomic E-state index is 13.2. The minimum absolute atomic E-state index is 0.0756. The van der Waals surface area contributed by atoms with Crippen LogP contribution in [0, 0.1) is 0 Å². The quantitative estimate of drug-likeness (QED) is 0.798. The normalized spacial score (nSPS) is 22.6. The summed E-state index contributed by atoms with van der Waals surface area (Å²) in [7, 11) is 0. The molecule has 6 nitrogen and oxygen atoms in total. The third-order valence-corrected chi connectivity index (χ3v) is 6.37. The first-order valence-corrected chi connectivity index (χ1v) is 10.4. The van der Waals surface area contributed by atoms with Gasteiger partial charge in [-0.1, -0.05) is 48.5 Å². The van der Waals surface area contributed by atoms with Crippen molar-refractivity contribution >= 4 is 12.1 Å². The molecule has 4 rings (SSSR count). The van der Waals surface area contributed by atoms with E-state index in [1.54, 1.807) is 20.8 Å². The van der Waals surface area contributed by atoms with Crippen LogP contribution in [-0.2, 0) is 14.3 Å². The highest BCUT2D eigenvalue weighted by molar-refractivity contribution is 5.86. The van der Waals surface area contributed by atoms with E-state index in [4.69, 9.17) is 9.47 Å². The number of benzene rings is 2. The van der Waals surface area contributed by atoms with Crippen molar-refractivity contribution in [1.82, 2.24) is 4.90 Å². The van der Waals surface area contributed by atoms with Crippen LogP contribution < -0.4 is 0 Å². The van der Waals surface area contributed by atoms with Crippen LogP contribution in [-0.4, -0.2) is 53.0 Å². The van der Waals surface area contributed by atoms with Gasteiger partial charge in [-0.3, -0.25) is 4.90 Å². The predicted molar refractivity (Wildman–Crippen MR) is 112 cm³/mol. The maximum Gasteiger partial charge on any atom is 0.411 e. The Morgan fingerprint density at radius 1 is 1.13 bits per heavy atom. The molecule has 1 fully saturated rings. The van der Waals surface area contributed by atoms with Crippen molar-refractivity contribution in [3.05, 3.63) is 59.7 Å². The van der Waals surface area contributed by atoms with Gasteiger partial charge in [0.2, 0.25) is 0 Å². The number of ether oxygens (including phenoxy) is 2. The fourth-order valence-electron chi connectivity index (χ4n) is 4.93. The molecule has 1 aliphatic heterocycles. The van der Waals surface area contributed by atoms with Gasteiger partial charge in [0.25, 0.3) is 0 Å². The average molecular weight is 409 g/mol. The monoisotopic (exact) mass is 409 g/mol. The molecule has 1 N–H and O–H groups in total. The molecule has 0 saturated carbocycles. The Morgan fingerprint density at radius 3 is 2.17 bits per heavy atom. The van der Waals surface area contributed by atoms with E-state index in [2.05, 4.69) is 24.3 Å². The van der Waals surface area contributed by atoms with Crippen LogP contribution in [0.1, 0.15) is 44.2 Å². The topological polar surface area (TPSA) is 76.1 Å². The number of rotatable bonds is 5. The minimum atomic E-state index is -1.42. The molecule has 30 heavy (non-hydrogen) atoms. The molecule has 2 atom stereocenters. The molecule has 0 radical (unpaired) electrons. The van der Waals surface area contributed by atoms with Gasteiger partial charge in [0.15, 0.2) is 5.54 Å². The van der Waals surface area contributed by atoms with Crippen molar-refractivity contribution in [2.24, 2.45) is 0 Å². The summed E-state index contributed by atoms with van der Waals surface area (Å²) in [4.78, 5) is 26.8. The van der Waals surface area contributed by atoms with E-state index >= 15 is 0 Å². The summed E-state index contributed by atoms with van der Waals surface area (Å²) in [6, 6.07) is 15.9. The third kappa shape index (κ3) is 3.06. The van der Waals surface area contributed by atoms with E-state index in [9.17, 15) is 14.7 Å². The second-order valence-electron chi connectivity index (χ2n) is 8.26. The van der Waals surface area contributed by atoms with Crippen LogP contribution in [0.25, 0.3) is 11.1 Å². The van der Waals surface area contributed by atoms with Crippen molar-refractivity contribution in [3.63, 3.8) is 0 Å². The van der Waals surface area contributed by atoms with Crippen LogP contribution >= 0.6 is 0 Å². The van der Waals surface area contributed by atoms with Crippen LogP contribution in [0.15, 0.2) is 48.5 Å². The lowest BCUT2D eigenvalue weighted by molar-refractivity contribution is -0.155. The predicted octanol–water partition coefficient (Wildman–Crippen LogP) is 4.28. The highest BCUT2D eigenvalue weighted by atomic mass is 16.6. The second kappa shape index (κ2) is 7.76. The number of carbonyl (C=O) groups excluding carboxylic acids is 1. The lowest BCUT2D eigenvalue weighted by Crippen LogP contribution is -2.63. The van der Waals surface area contributed by atoms with Crippen molar-refractivity contribution < 1.29 is 24.2 Å². The van der Waals surface area contributed by atoms with Crippen molar-refractivity contribution in [2.75, 3.05) is 13.2 Å². The van der Waals surface area contributed by atoms with Crippen molar-refractivity contribution in [2.45, 2.75) is 50.8 Å². The van der Waals surface area contributed by atoms with E-state index in [-0.39, 0.29) is 25.0 Å². The highest BCUT2D eigenvalue weighted by Gasteiger charge is 2.56. The molecule has 1 amide bonds. The smallest absolute Gasteiger partial charge is 0.411 e. The van der Waals surface area contributed by atoms with E-state index in [1.165, 1.54) is 4.90 Å². The van der Waals surface area contributed by atoms with E-state index < -0.39 is 23.7 Å². The molecule has 2 aromatic carbocycles. The number of aliphatic carboxylic acids is 1. The standard InChI is InChI=1S/C24H27NO5/c1-15(2)25(24(22(26)27)12-13-29-16(24)3)23(28)30-14-21-19-10-6-4-8-17(19)18-9-5-7-11-20(18)21/h4-11,15-16,21H,12-14H2,1-3H3,(H,26,27). The molecule has 0 aromatic heterocycles. The van der Waals surface area contributed by atoms with Gasteiger partial charge >= 0.3 is 12.1 Å². The average Bonchev–Trinajstić information content (AvgIpc) is 3.25. The van der Waals surface area contributed by atoms with Crippen LogP contribution in [0.3, 0.4) is 0 Å². The number of hydrogen-bond donors (Lipinski definition) is 1. The summed E-state index contributed by atoms with van der Waals surface area (Å²) >= 11 is 0. The van der Waals surface area contributed by atoms with Crippen molar-refractivity contribution in [1.29, 1.82) is 0 Å². The van der Waals surface area contributed by atoms with Gasteiger partial charge in [-0.15, -0.1) is 0 Å². The van der Waals surface area contributed by atoms with E-state index in [0.29, 0.717) is 6.61 Å². The number of carboxylic acids is 1. The van der Waals surface area contributed by atoms with Gasteiger partial charge in [0.1, 0.15) is 6.61 Å². The number of amides is 1. The van der Waals surface area contributed by atoms with E-state index in [1.807, 2.05) is 24.3 Å². The zero-order valence-corrected chi connectivity index (χ0v) is 17.5. The molecular weight excluding hydrogens is 382 g/mol. The zero-order valence-electron chi connectivity index (χ0n) is 17.5. The first-order valence-electron chi connectivity index (χ1n) is 10.4. The Bertz CT molecular complexity index is 926. The van der Waals surface area contributed by atoms with Crippen molar-refractivity contribution in [3.8, 4) is 11.1 Å². The summed E-state index contributed by atoms with van der Waals surface area (Å²) < 4.78 is 11.3. The molecule has 1 heterocycles. The second-order valence-corrected chi connectivity index (χ2v) is 8.26. The van der Waals surface area contributed by atoms with Gasteiger partial charge < -0.3 is 14.6 Å².